The van der Waals surface area contributed by atoms with Crippen molar-refractivity contribution < 1.29 is 4.79 Å². The van der Waals surface area contributed by atoms with Gasteiger partial charge in [0.1, 0.15) is 0 Å². The van der Waals surface area contributed by atoms with Gasteiger partial charge in [0.15, 0.2) is 0 Å². The van der Waals surface area contributed by atoms with Crippen LogP contribution < -0.4 is 0 Å². The van der Waals surface area contributed by atoms with Crippen molar-refractivity contribution in [3.63, 3.8) is 0 Å². The standard InChI is InChI=1S/C17H22BrN3O/c1-5-6-11-20(4)17(22)16-12(2)19-21(13(16)3)15-9-7-14(18)8-10-15/h7-10H,5-6,11H2,1-4H3. The molecule has 0 unspecified atom stereocenters. The Morgan fingerprint density at radius 2 is 1.91 bits per heavy atom. The van der Waals surface area contributed by atoms with Crippen LogP contribution in [0, 0.1) is 13.8 Å². The predicted octanol–water partition coefficient (Wildman–Crippen LogP) is 4.12. The molecule has 2 aromatic rings. The highest BCUT2D eigenvalue weighted by Crippen LogP contribution is 2.21. The zero-order valence-corrected chi connectivity index (χ0v) is 15.1. The van der Waals surface area contributed by atoms with Gasteiger partial charge >= 0.3 is 0 Å². The van der Waals surface area contributed by atoms with Crippen LogP contribution in [0.3, 0.4) is 0 Å². The van der Waals surface area contributed by atoms with Crippen molar-refractivity contribution in [2.45, 2.75) is 33.6 Å². The fourth-order valence-corrected chi connectivity index (χ4v) is 2.74. The molecule has 1 heterocycles. The molecule has 22 heavy (non-hydrogen) atoms. The molecule has 0 aliphatic heterocycles. The number of benzene rings is 1. The van der Waals surface area contributed by atoms with Crippen molar-refractivity contribution in [2.24, 2.45) is 0 Å². The number of carbonyl (C=O) groups excluding carboxylic acids is 1. The molecule has 118 valence electrons. The zero-order chi connectivity index (χ0) is 16.3. The van der Waals surface area contributed by atoms with Crippen LogP contribution in [0.25, 0.3) is 5.69 Å². The van der Waals surface area contributed by atoms with Crippen molar-refractivity contribution in [1.29, 1.82) is 0 Å². The number of hydrogen-bond donors (Lipinski definition) is 0. The van der Waals surface area contributed by atoms with E-state index in [0.29, 0.717) is 5.56 Å². The zero-order valence-electron chi connectivity index (χ0n) is 13.6. The third-order valence-corrected chi connectivity index (χ3v) is 4.30. The maximum absolute atomic E-state index is 12.7. The number of aromatic nitrogens is 2. The number of nitrogens with zero attached hydrogens (tertiary/aromatic N) is 3. The van der Waals surface area contributed by atoms with Crippen LogP contribution in [0.4, 0.5) is 0 Å². The normalized spacial score (nSPS) is 10.8. The molecular formula is C17H22BrN3O. The summed E-state index contributed by atoms with van der Waals surface area (Å²) in [5.74, 6) is 0.0480. The molecule has 0 spiro atoms. The van der Waals surface area contributed by atoms with Crippen LogP contribution >= 0.6 is 15.9 Å². The Morgan fingerprint density at radius 3 is 2.50 bits per heavy atom. The molecule has 0 saturated carbocycles. The second kappa shape index (κ2) is 7.09. The fraction of sp³-hybridized carbons (Fsp3) is 0.412. The van der Waals surface area contributed by atoms with Gasteiger partial charge in [-0.25, -0.2) is 4.68 Å². The SMILES string of the molecule is CCCCN(C)C(=O)c1c(C)nn(-c2ccc(Br)cc2)c1C. The summed E-state index contributed by atoms with van der Waals surface area (Å²) in [5, 5.41) is 4.55. The van der Waals surface area contributed by atoms with E-state index in [9.17, 15) is 4.79 Å². The molecule has 0 radical (unpaired) electrons. The molecule has 0 aliphatic carbocycles. The van der Waals surface area contributed by atoms with E-state index in [1.165, 1.54) is 0 Å². The smallest absolute Gasteiger partial charge is 0.257 e. The maximum atomic E-state index is 12.7. The van der Waals surface area contributed by atoms with Crippen molar-refractivity contribution in [1.82, 2.24) is 14.7 Å². The van der Waals surface area contributed by atoms with Gasteiger partial charge in [0.2, 0.25) is 0 Å². The van der Waals surface area contributed by atoms with E-state index in [1.54, 1.807) is 4.90 Å². The molecule has 0 N–H and O–H groups in total. The summed E-state index contributed by atoms with van der Waals surface area (Å²) < 4.78 is 2.86. The lowest BCUT2D eigenvalue weighted by Gasteiger charge is -2.17. The number of rotatable bonds is 5. The largest absolute Gasteiger partial charge is 0.342 e. The highest BCUT2D eigenvalue weighted by Gasteiger charge is 2.22. The van der Waals surface area contributed by atoms with Crippen molar-refractivity contribution in [3.8, 4) is 5.69 Å². The van der Waals surface area contributed by atoms with Gasteiger partial charge in [0, 0.05) is 18.1 Å². The molecule has 0 bridgehead atoms. The Hall–Kier alpha value is -1.62. The Morgan fingerprint density at radius 1 is 1.27 bits per heavy atom. The van der Waals surface area contributed by atoms with Gasteiger partial charge in [-0.2, -0.15) is 5.10 Å². The van der Waals surface area contributed by atoms with Gasteiger partial charge in [-0.05, 0) is 44.5 Å². The van der Waals surface area contributed by atoms with Gasteiger partial charge in [-0.3, -0.25) is 4.79 Å². The van der Waals surface area contributed by atoms with Crippen LogP contribution in [0.15, 0.2) is 28.7 Å². The van der Waals surface area contributed by atoms with E-state index < -0.39 is 0 Å². The molecule has 1 aromatic heterocycles. The molecule has 0 aliphatic rings. The lowest BCUT2D eigenvalue weighted by Crippen LogP contribution is -2.28. The fourth-order valence-electron chi connectivity index (χ4n) is 2.47. The summed E-state index contributed by atoms with van der Waals surface area (Å²) in [5.41, 5.74) is 3.32. The van der Waals surface area contributed by atoms with E-state index >= 15 is 0 Å². The number of halogens is 1. The maximum Gasteiger partial charge on any atom is 0.257 e. The average Bonchev–Trinajstić information content (AvgIpc) is 2.79. The van der Waals surface area contributed by atoms with Crippen LogP contribution in [0.1, 0.15) is 41.5 Å². The number of amides is 1. The molecule has 1 amide bonds. The summed E-state index contributed by atoms with van der Waals surface area (Å²) in [6, 6.07) is 7.92. The molecule has 5 heteroatoms. The molecular weight excluding hydrogens is 342 g/mol. The van der Waals surface area contributed by atoms with E-state index in [1.807, 2.05) is 49.8 Å². The highest BCUT2D eigenvalue weighted by atomic mass is 79.9. The molecule has 0 atom stereocenters. The minimum absolute atomic E-state index is 0.0480. The summed E-state index contributed by atoms with van der Waals surface area (Å²) in [6.07, 6.45) is 2.09. The van der Waals surface area contributed by atoms with Gasteiger partial charge in [0.25, 0.3) is 5.91 Å². The lowest BCUT2D eigenvalue weighted by molar-refractivity contribution is 0.0792. The van der Waals surface area contributed by atoms with E-state index in [2.05, 4.69) is 28.0 Å². The van der Waals surface area contributed by atoms with Crippen LogP contribution in [-0.4, -0.2) is 34.2 Å². The summed E-state index contributed by atoms with van der Waals surface area (Å²) >= 11 is 3.43. The predicted molar refractivity (Wildman–Crippen MR) is 92.6 cm³/mol. The van der Waals surface area contributed by atoms with Gasteiger partial charge in [0.05, 0.1) is 22.6 Å². The third-order valence-electron chi connectivity index (χ3n) is 3.77. The Balaban J connectivity index is 2.34. The van der Waals surface area contributed by atoms with E-state index in [4.69, 9.17) is 0 Å². The lowest BCUT2D eigenvalue weighted by atomic mass is 10.1. The first-order valence-electron chi connectivity index (χ1n) is 7.53. The number of hydrogen-bond acceptors (Lipinski definition) is 2. The van der Waals surface area contributed by atoms with Gasteiger partial charge in [-0.1, -0.05) is 29.3 Å². The Bertz CT molecular complexity index is 661. The molecule has 0 saturated heterocycles. The summed E-state index contributed by atoms with van der Waals surface area (Å²) in [6.45, 7) is 6.74. The summed E-state index contributed by atoms with van der Waals surface area (Å²) in [4.78, 5) is 14.4. The molecule has 0 fully saturated rings. The molecule has 2 rings (SSSR count). The van der Waals surface area contributed by atoms with Crippen LogP contribution in [0.2, 0.25) is 0 Å². The van der Waals surface area contributed by atoms with Crippen LogP contribution in [0.5, 0.6) is 0 Å². The van der Waals surface area contributed by atoms with Crippen LogP contribution in [-0.2, 0) is 0 Å². The quantitative estimate of drug-likeness (QED) is 0.800. The number of aryl methyl sites for hydroxylation is 1. The van der Waals surface area contributed by atoms with E-state index in [-0.39, 0.29) is 5.91 Å². The van der Waals surface area contributed by atoms with E-state index in [0.717, 1.165) is 40.9 Å². The molecule has 1 aromatic carbocycles. The van der Waals surface area contributed by atoms with Crippen molar-refractivity contribution in [2.75, 3.05) is 13.6 Å². The third kappa shape index (κ3) is 3.40. The van der Waals surface area contributed by atoms with Crippen molar-refractivity contribution in [3.05, 3.63) is 45.7 Å². The number of unbranched alkanes of at least 4 members (excludes halogenated alkanes) is 1. The topological polar surface area (TPSA) is 38.1 Å². The van der Waals surface area contributed by atoms with Crippen molar-refractivity contribution >= 4 is 21.8 Å². The minimum Gasteiger partial charge on any atom is -0.342 e. The Kier molecular flexibility index (Phi) is 5.40. The van der Waals surface area contributed by atoms with Gasteiger partial charge < -0.3 is 4.90 Å². The molecule has 4 nitrogen and oxygen atoms in total. The summed E-state index contributed by atoms with van der Waals surface area (Å²) in [7, 11) is 1.86. The second-order valence-electron chi connectivity index (χ2n) is 5.51. The van der Waals surface area contributed by atoms with Gasteiger partial charge in [-0.15, -0.1) is 0 Å². The number of carbonyl (C=O) groups is 1. The Labute approximate surface area is 140 Å². The minimum atomic E-state index is 0.0480. The first-order valence-corrected chi connectivity index (χ1v) is 8.32. The highest BCUT2D eigenvalue weighted by molar-refractivity contribution is 9.10. The first-order chi connectivity index (χ1) is 10.5. The first kappa shape index (κ1) is 16.7. The monoisotopic (exact) mass is 363 g/mol. The second-order valence-corrected chi connectivity index (χ2v) is 6.43. The average molecular weight is 364 g/mol.